The molecule has 0 unspecified atom stereocenters. The second-order valence-electron chi connectivity index (χ2n) is 6.91. The average molecular weight is 567 g/mol. The summed E-state index contributed by atoms with van der Waals surface area (Å²) in [6.07, 6.45) is 1.18. The van der Waals surface area contributed by atoms with Crippen molar-refractivity contribution in [2.75, 3.05) is 50.5 Å². The van der Waals surface area contributed by atoms with Crippen molar-refractivity contribution in [2.45, 2.75) is 4.90 Å². The smallest absolute Gasteiger partial charge is 0.270 e. The van der Waals surface area contributed by atoms with Crippen LogP contribution >= 0.6 is 51.0 Å². The Labute approximate surface area is 203 Å². The van der Waals surface area contributed by atoms with E-state index in [1.165, 1.54) is 28.9 Å². The highest BCUT2D eigenvalue weighted by Crippen LogP contribution is 2.32. The van der Waals surface area contributed by atoms with Crippen LogP contribution in [0.3, 0.4) is 0 Å². The topological polar surface area (TPSA) is 79.8 Å². The van der Waals surface area contributed by atoms with Crippen LogP contribution in [0.5, 0.6) is 0 Å². The monoisotopic (exact) mass is 565 g/mol. The maximum Gasteiger partial charge on any atom is 0.270 e. The highest BCUT2D eigenvalue weighted by molar-refractivity contribution is 9.11. The highest BCUT2D eigenvalue weighted by atomic mass is 79.9. The second-order valence-corrected chi connectivity index (χ2v) is 12.4. The molecule has 0 atom stereocenters. The lowest BCUT2D eigenvalue weighted by atomic mass is 10.3. The van der Waals surface area contributed by atoms with Gasteiger partial charge in [-0.1, -0.05) is 11.3 Å². The molecular weight excluding hydrogens is 546 g/mol. The van der Waals surface area contributed by atoms with Gasteiger partial charge in [-0.05, 0) is 46.3 Å². The molecule has 31 heavy (non-hydrogen) atoms. The van der Waals surface area contributed by atoms with Crippen LogP contribution in [0, 0.1) is 0 Å². The minimum Gasteiger partial charge on any atom is -0.379 e. The molecule has 3 aromatic rings. The predicted octanol–water partition coefficient (Wildman–Crippen LogP) is 3.92. The van der Waals surface area contributed by atoms with E-state index in [1.54, 1.807) is 29.2 Å². The van der Waals surface area contributed by atoms with E-state index in [4.69, 9.17) is 4.74 Å². The molecule has 0 radical (unpaired) electrons. The van der Waals surface area contributed by atoms with Gasteiger partial charge in [-0.3, -0.25) is 14.6 Å². The molecule has 0 saturated carbocycles. The lowest BCUT2D eigenvalue weighted by Gasteiger charge is -2.29. The van der Waals surface area contributed by atoms with Crippen molar-refractivity contribution < 1.29 is 17.9 Å². The van der Waals surface area contributed by atoms with Gasteiger partial charge in [0.2, 0.25) is 0 Å². The van der Waals surface area contributed by atoms with Crippen molar-refractivity contribution in [3.05, 3.63) is 39.0 Å². The third kappa shape index (κ3) is 5.84. The number of thiophene rings is 1. The van der Waals surface area contributed by atoms with Gasteiger partial charge in [0.05, 0.1) is 37.0 Å². The number of anilines is 1. The number of hydrogen-bond acceptors (Lipinski definition) is 8. The number of fused-ring (bicyclic) bond motifs is 1. The molecule has 2 aromatic heterocycles. The van der Waals surface area contributed by atoms with E-state index >= 15 is 0 Å². The molecule has 3 heterocycles. The summed E-state index contributed by atoms with van der Waals surface area (Å²) in [5.41, 5.74) is 0.680. The van der Waals surface area contributed by atoms with E-state index in [2.05, 4.69) is 25.8 Å². The number of nitrogens with zero attached hydrogens (tertiary/aromatic N) is 3. The molecule has 1 aliphatic rings. The van der Waals surface area contributed by atoms with Crippen LogP contribution in [0.1, 0.15) is 9.67 Å². The number of amides is 1. The Morgan fingerprint density at radius 3 is 2.61 bits per heavy atom. The Bertz CT molecular complexity index is 1180. The number of halogens is 2. The summed E-state index contributed by atoms with van der Waals surface area (Å²) in [7, 11) is -3.31. The van der Waals surface area contributed by atoms with Crippen LogP contribution < -0.4 is 4.90 Å². The summed E-state index contributed by atoms with van der Waals surface area (Å²) in [5.74, 6) is -0.110. The van der Waals surface area contributed by atoms with Gasteiger partial charge in [-0.2, -0.15) is 0 Å². The van der Waals surface area contributed by atoms with Crippen LogP contribution in [0.15, 0.2) is 39.0 Å². The number of sulfone groups is 1. The van der Waals surface area contributed by atoms with Crippen molar-refractivity contribution in [3.8, 4) is 0 Å². The zero-order valence-electron chi connectivity index (χ0n) is 16.6. The van der Waals surface area contributed by atoms with E-state index in [1.807, 2.05) is 6.07 Å². The maximum atomic E-state index is 13.3. The lowest BCUT2D eigenvalue weighted by Crippen LogP contribution is -2.43. The third-order valence-electron chi connectivity index (χ3n) is 4.78. The van der Waals surface area contributed by atoms with Crippen LogP contribution in [-0.4, -0.2) is 69.9 Å². The minimum absolute atomic E-state index is 0. The number of thiazole rings is 1. The van der Waals surface area contributed by atoms with Gasteiger partial charge in [0.1, 0.15) is 0 Å². The number of hydrogen-bond donors (Lipinski definition) is 0. The van der Waals surface area contributed by atoms with Crippen molar-refractivity contribution in [3.63, 3.8) is 0 Å². The second kappa shape index (κ2) is 10.2. The van der Waals surface area contributed by atoms with E-state index in [0.717, 1.165) is 21.6 Å². The summed E-state index contributed by atoms with van der Waals surface area (Å²) in [6.45, 7) is 4.27. The van der Waals surface area contributed by atoms with Crippen molar-refractivity contribution in [1.29, 1.82) is 0 Å². The van der Waals surface area contributed by atoms with E-state index in [0.29, 0.717) is 41.8 Å². The number of carbonyl (C=O) groups excluding carboxylic acids is 1. The summed E-state index contributed by atoms with van der Waals surface area (Å²) in [5, 5.41) is 0.568. The van der Waals surface area contributed by atoms with Gasteiger partial charge >= 0.3 is 0 Å². The molecule has 168 valence electrons. The maximum absolute atomic E-state index is 13.3. The molecule has 0 spiro atoms. The number of aromatic nitrogens is 1. The fraction of sp³-hybridized carbons (Fsp3) is 0.368. The first-order chi connectivity index (χ1) is 14.3. The summed E-state index contributed by atoms with van der Waals surface area (Å²) < 4.78 is 30.8. The SMILES string of the molecule is CS(=O)(=O)c1ccc2nc(N(CCN3CCOCC3)C(=O)c3ccc(Br)s3)sc2c1.Cl. The molecule has 1 amide bonds. The Kier molecular flexibility index (Phi) is 8.11. The van der Waals surface area contributed by atoms with Gasteiger partial charge in [-0.25, -0.2) is 13.4 Å². The number of ether oxygens (including phenoxy) is 1. The summed E-state index contributed by atoms with van der Waals surface area (Å²) >= 11 is 6.13. The van der Waals surface area contributed by atoms with E-state index in [9.17, 15) is 13.2 Å². The molecule has 1 aromatic carbocycles. The first-order valence-electron chi connectivity index (χ1n) is 9.29. The Morgan fingerprint density at radius 2 is 1.97 bits per heavy atom. The molecular formula is C19H21BrClN3O4S3. The number of carbonyl (C=O) groups is 1. The van der Waals surface area contributed by atoms with E-state index < -0.39 is 9.84 Å². The molecule has 4 rings (SSSR count). The lowest BCUT2D eigenvalue weighted by molar-refractivity contribution is 0.0391. The van der Waals surface area contributed by atoms with Crippen LogP contribution in [0.25, 0.3) is 10.2 Å². The molecule has 1 fully saturated rings. The first kappa shape index (κ1) is 24.6. The van der Waals surface area contributed by atoms with Gasteiger partial charge in [0, 0.05) is 32.4 Å². The average Bonchev–Trinajstić information content (AvgIpc) is 3.33. The minimum atomic E-state index is -3.31. The summed E-state index contributed by atoms with van der Waals surface area (Å²) in [6, 6.07) is 8.52. The Hall–Kier alpha value is -1.08. The van der Waals surface area contributed by atoms with Crippen molar-refractivity contribution >= 4 is 82.1 Å². The normalized spacial score (nSPS) is 15.0. The molecule has 7 nitrogen and oxygen atoms in total. The van der Waals surface area contributed by atoms with Gasteiger partial charge in [0.25, 0.3) is 5.91 Å². The van der Waals surface area contributed by atoms with Crippen LogP contribution in [0.4, 0.5) is 5.13 Å². The van der Waals surface area contributed by atoms with Gasteiger partial charge in [0.15, 0.2) is 15.0 Å². The number of morpholine rings is 1. The quantitative estimate of drug-likeness (QED) is 0.450. The van der Waals surface area contributed by atoms with Crippen LogP contribution in [0.2, 0.25) is 0 Å². The van der Waals surface area contributed by atoms with Crippen molar-refractivity contribution in [1.82, 2.24) is 9.88 Å². The molecule has 0 N–H and O–H groups in total. The number of benzene rings is 1. The molecule has 1 aliphatic heterocycles. The van der Waals surface area contributed by atoms with Gasteiger partial charge < -0.3 is 4.74 Å². The van der Waals surface area contributed by atoms with Crippen molar-refractivity contribution in [2.24, 2.45) is 0 Å². The Balaban J connectivity index is 0.00000272. The summed E-state index contributed by atoms with van der Waals surface area (Å²) in [4.78, 5) is 22.7. The molecule has 12 heteroatoms. The third-order valence-corrected chi connectivity index (χ3v) is 8.54. The zero-order chi connectivity index (χ0) is 21.3. The predicted molar refractivity (Wildman–Crippen MR) is 131 cm³/mol. The molecule has 0 aliphatic carbocycles. The van der Waals surface area contributed by atoms with Crippen LogP contribution in [-0.2, 0) is 14.6 Å². The highest BCUT2D eigenvalue weighted by Gasteiger charge is 2.24. The van der Waals surface area contributed by atoms with Gasteiger partial charge in [-0.15, -0.1) is 23.7 Å². The first-order valence-corrected chi connectivity index (χ1v) is 13.6. The molecule has 1 saturated heterocycles. The van der Waals surface area contributed by atoms with E-state index in [-0.39, 0.29) is 23.2 Å². The zero-order valence-corrected chi connectivity index (χ0v) is 21.5. The number of rotatable bonds is 6. The fourth-order valence-electron chi connectivity index (χ4n) is 3.15. The standard InChI is InChI=1S/C19H20BrN3O4S3.ClH/c1-30(25,26)13-2-3-14-16(12-13)29-19(21-14)23(7-6-22-8-10-27-11-9-22)18(24)15-4-5-17(20)28-15;/h2-5,12H,6-11H2,1H3;1H. The largest absolute Gasteiger partial charge is 0.379 e. The Morgan fingerprint density at radius 1 is 1.23 bits per heavy atom. The molecule has 0 bridgehead atoms. The fourth-order valence-corrected chi connectivity index (χ4v) is 6.24.